The van der Waals surface area contributed by atoms with E-state index in [4.69, 9.17) is 0 Å². The maximum absolute atomic E-state index is 2.54. The van der Waals surface area contributed by atoms with E-state index in [0.717, 1.165) is 13.1 Å². The highest BCUT2D eigenvalue weighted by Gasteiger charge is 2.15. The third kappa shape index (κ3) is 2.46. The van der Waals surface area contributed by atoms with E-state index in [1.165, 1.54) is 35.2 Å². The van der Waals surface area contributed by atoms with Gasteiger partial charge in [-0.25, -0.2) is 0 Å². The number of benzene rings is 2. The molecule has 0 atom stereocenters. The van der Waals surface area contributed by atoms with Crippen molar-refractivity contribution in [2.75, 3.05) is 6.54 Å². The summed E-state index contributed by atoms with van der Waals surface area (Å²) in [6, 6.07) is 17.6. The Morgan fingerprint density at radius 1 is 1.00 bits per heavy atom. The fraction of sp³-hybridized carbons (Fsp3) is 0.294. The minimum Gasteiger partial charge on any atom is -0.294 e. The predicted molar refractivity (Wildman–Crippen MR) is 75.4 cm³/mol. The van der Waals surface area contributed by atoms with Gasteiger partial charge in [-0.2, -0.15) is 0 Å². The van der Waals surface area contributed by atoms with Crippen molar-refractivity contribution < 1.29 is 0 Å². The molecule has 18 heavy (non-hydrogen) atoms. The van der Waals surface area contributed by atoms with Crippen LogP contribution in [-0.2, 0) is 19.5 Å². The molecular weight excluding hydrogens is 218 g/mol. The van der Waals surface area contributed by atoms with Crippen LogP contribution in [0.3, 0.4) is 0 Å². The topological polar surface area (TPSA) is 3.24 Å². The van der Waals surface area contributed by atoms with Gasteiger partial charge >= 0.3 is 0 Å². The molecule has 0 aromatic heterocycles. The van der Waals surface area contributed by atoms with E-state index in [1.54, 1.807) is 0 Å². The standard InChI is InChI=1S/C17H19N/c1-14-7-8-16-9-10-18(13-17(16)11-14)12-15-5-3-2-4-6-15/h2-8,11H,9-10,12-13H2,1H3. The van der Waals surface area contributed by atoms with Gasteiger partial charge in [0.2, 0.25) is 0 Å². The zero-order valence-corrected chi connectivity index (χ0v) is 10.9. The van der Waals surface area contributed by atoms with Gasteiger partial charge in [0.05, 0.1) is 0 Å². The minimum atomic E-state index is 1.06. The molecule has 0 aliphatic carbocycles. The molecule has 92 valence electrons. The highest BCUT2D eigenvalue weighted by atomic mass is 15.1. The quantitative estimate of drug-likeness (QED) is 0.772. The molecule has 0 radical (unpaired) electrons. The molecule has 0 saturated carbocycles. The fourth-order valence-corrected chi connectivity index (χ4v) is 2.72. The summed E-state index contributed by atoms with van der Waals surface area (Å²) >= 11 is 0. The predicted octanol–water partition coefficient (Wildman–Crippen LogP) is 3.55. The SMILES string of the molecule is Cc1ccc2c(c1)CN(Cc1ccccc1)CC2. The third-order valence-electron chi connectivity index (χ3n) is 3.70. The molecule has 1 aliphatic heterocycles. The lowest BCUT2D eigenvalue weighted by Gasteiger charge is -2.29. The van der Waals surface area contributed by atoms with Gasteiger partial charge in [0.1, 0.15) is 0 Å². The van der Waals surface area contributed by atoms with Gasteiger partial charge in [-0.3, -0.25) is 4.90 Å². The van der Waals surface area contributed by atoms with E-state index >= 15 is 0 Å². The summed E-state index contributed by atoms with van der Waals surface area (Å²) in [4.78, 5) is 2.54. The van der Waals surface area contributed by atoms with Crippen LogP contribution < -0.4 is 0 Å². The van der Waals surface area contributed by atoms with Crippen molar-refractivity contribution in [3.05, 3.63) is 70.8 Å². The van der Waals surface area contributed by atoms with E-state index in [2.05, 4.69) is 60.4 Å². The molecule has 0 bridgehead atoms. The largest absolute Gasteiger partial charge is 0.294 e. The van der Waals surface area contributed by atoms with Gasteiger partial charge in [-0.05, 0) is 30.0 Å². The monoisotopic (exact) mass is 237 g/mol. The fourth-order valence-electron chi connectivity index (χ4n) is 2.72. The van der Waals surface area contributed by atoms with Crippen LogP contribution in [0.4, 0.5) is 0 Å². The highest BCUT2D eigenvalue weighted by molar-refractivity contribution is 5.33. The number of fused-ring (bicyclic) bond motifs is 1. The summed E-state index contributed by atoms with van der Waals surface area (Å²) < 4.78 is 0. The lowest BCUT2D eigenvalue weighted by molar-refractivity contribution is 0.245. The van der Waals surface area contributed by atoms with E-state index in [-0.39, 0.29) is 0 Å². The molecule has 1 heteroatoms. The lowest BCUT2D eigenvalue weighted by Crippen LogP contribution is -2.30. The van der Waals surface area contributed by atoms with Gasteiger partial charge in [-0.1, -0.05) is 54.1 Å². The molecule has 2 aromatic carbocycles. The Kier molecular flexibility index (Phi) is 3.16. The molecule has 0 unspecified atom stereocenters. The normalized spacial score (nSPS) is 15.4. The Balaban J connectivity index is 1.75. The van der Waals surface area contributed by atoms with Gasteiger partial charge in [-0.15, -0.1) is 0 Å². The number of nitrogens with zero attached hydrogens (tertiary/aromatic N) is 1. The zero-order valence-electron chi connectivity index (χ0n) is 10.9. The second kappa shape index (κ2) is 4.95. The first-order valence-corrected chi connectivity index (χ1v) is 6.66. The van der Waals surface area contributed by atoms with Crippen LogP contribution in [-0.4, -0.2) is 11.4 Å². The average molecular weight is 237 g/mol. The van der Waals surface area contributed by atoms with Crippen LogP contribution in [0.1, 0.15) is 22.3 Å². The van der Waals surface area contributed by atoms with Gasteiger partial charge in [0, 0.05) is 19.6 Å². The molecule has 1 heterocycles. The van der Waals surface area contributed by atoms with E-state index in [1.807, 2.05) is 0 Å². The van der Waals surface area contributed by atoms with Crippen molar-refractivity contribution >= 4 is 0 Å². The molecule has 2 aromatic rings. The van der Waals surface area contributed by atoms with Crippen LogP contribution >= 0.6 is 0 Å². The number of hydrogen-bond donors (Lipinski definition) is 0. The first kappa shape index (κ1) is 11.5. The average Bonchev–Trinajstić information content (AvgIpc) is 2.39. The Bertz CT molecular complexity index is 531. The van der Waals surface area contributed by atoms with Crippen LogP contribution in [0, 0.1) is 6.92 Å². The molecular formula is C17H19N. The van der Waals surface area contributed by atoms with Crippen LogP contribution in [0.15, 0.2) is 48.5 Å². The van der Waals surface area contributed by atoms with Crippen LogP contribution in [0.25, 0.3) is 0 Å². The summed E-state index contributed by atoms with van der Waals surface area (Å²) in [7, 11) is 0. The van der Waals surface area contributed by atoms with Crippen molar-refractivity contribution in [3.8, 4) is 0 Å². The maximum atomic E-state index is 2.54. The first-order valence-electron chi connectivity index (χ1n) is 6.66. The van der Waals surface area contributed by atoms with Crippen LogP contribution in [0.2, 0.25) is 0 Å². The molecule has 1 aliphatic rings. The lowest BCUT2D eigenvalue weighted by atomic mass is 9.97. The third-order valence-corrected chi connectivity index (χ3v) is 3.70. The van der Waals surface area contributed by atoms with Crippen LogP contribution in [0.5, 0.6) is 0 Å². The summed E-state index contributed by atoms with van der Waals surface area (Å²) in [6.07, 6.45) is 1.18. The maximum Gasteiger partial charge on any atom is 0.0240 e. The minimum absolute atomic E-state index is 1.06. The second-order valence-electron chi connectivity index (χ2n) is 5.22. The molecule has 0 spiro atoms. The number of rotatable bonds is 2. The summed E-state index contributed by atoms with van der Waals surface area (Å²) in [6.45, 7) is 5.50. The van der Waals surface area contributed by atoms with Gasteiger partial charge in [0.25, 0.3) is 0 Å². The van der Waals surface area contributed by atoms with Crippen molar-refractivity contribution in [2.24, 2.45) is 0 Å². The second-order valence-corrected chi connectivity index (χ2v) is 5.22. The van der Waals surface area contributed by atoms with Crippen molar-refractivity contribution in [1.82, 2.24) is 4.90 Å². The Morgan fingerprint density at radius 2 is 1.83 bits per heavy atom. The summed E-state index contributed by atoms with van der Waals surface area (Å²) in [5, 5.41) is 0. The van der Waals surface area contributed by atoms with Crippen molar-refractivity contribution in [3.63, 3.8) is 0 Å². The van der Waals surface area contributed by atoms with Crippen molar-refractivity contribution in [1.29, 1.82) is 0 Å². The Morgan fingerprint density at radius 3 is 2.67 bits per heavy atom. The molecule has 3 rings (SSSR count). The van der Waals surface area contributed by atoms with Gasteiger partial charge < -0.3 is 0 Å². The molecule has 0 amide bonds. The van der Waals surface area contributed by atoms with Crippen molar-refractivity contribution in [2.45, 2.75) is 26.4 Å². The summed E-state index contributed by atoms with van der Waals surface area (Å²) in [5.41, 5.74) is 5.83. The Hall–Kier alpha value is -1.60. The zero-order chi connectivity index (χ0) is 12.4. The number of aryl methyl sites for hydroxylation is 1. The van der Waals surface area contributed by atoms with Gasteiger partial charge in [0.15, 0.2) is 0 Å². The van der Waals surface area contributed by atoms with E-state index in [0.29, 0.717) is 0 Å². The Labute approximate surface area is 109 Å². The smallest absolute Gasteiger partial charge is 0.0240 e. The summed E-state index contributed by atoms with van der Waals surface area (Å²) in [5.74, 6) is 0. The van der Waals surface area contributed by atoms with E-state index in [9.17, 15) is 0 Å². The molecule has 0 N–H and O–H groups in total. The molecule has 0 fully saturated rings. The number of hydrogen-bond acceptors (Lipinski definition) is 1. The molecule has 1 nitrogen and oxygen atoms in total. The first-order chi connectivity index (χ1) is 8.81. The van der Waals surface area contributed by atoms with E-state index < -0.39 is 0 Å². The highest BCUT2D eigenvalue weighted by Crippen LogP contribution is 2.21. The molecule has 0 saturated heterocycles.